The highest BCUT2D eigenvalue weighted by Gasteiger charge is 2.01. The largest absolute Gasteiger partial charge is 0.353 e. The molecule has 110 valence electrons. The number of allylic oxidation sites excluding steroid dienone is 1. The first kappa shape index (κ1) is 16.4. The highest BCUT2D eigenvalue weighted by atomic mass is 16.1. The van der Waals surface area contributed by atoms with E-state index in [1.54, 1.807) is 6.08 Å². The summed E-state index contributed by atoms with van der Waals surface area (Å²) in [5.41, 5.74) is 1.30. The summed E-state index contributed by atoms with van der Waals surface area (Å²) in [6, 6.07) is 10.3. The molecule has 0 aliphatic carbocycles. The van der Waals surface area contributed by atoms with E-state index in [1.165, 1.54) is 5.56 Å². The molecule has 0 spiro atoms. The summed E-state index contributed by atoms with van der Waals surface area (Å²) in [6.45, 7) is 3.85. The predicted molar refractivity (Wildman–Crippen MR) is 84.6 cm³/mol. The Morgan fingerprint density at radius 3 is 2.65 bits per heavy atom. The minimum atomic E-state index is 0.00340. The van der Waals surface area contributed by atoms with Crippen molar-refractivity contribution in [1.82, 2.24) is 10.2 Å². The van der Waals surface area contributed by atoms with Crippen molar-refractivity contribution >= 4 is 5.91 Å². The van der Waals surface area contributed by atoms with Crippen LogP contribution in [0.1, 0.15) is 18.9 Å². The Hall–Kier alpha value is -1.61. The van der Waals surface area contributed by atoms with Crippen LogP contribution in [0.4, 0.5) is 0 Å². The summed E-state index contributed by atoms with van der Waals surface area (Å²) in [6.07, 6.45) is 5.58. The number of hydrogen-bond acceptors (Lipinski definition) is 2. The van der Waals surface area contributed by atoms with Crippen molar-refractivity contribution in [3.05, 3.63) is 48.0 Å². The van der Waals surface area contributed by atoms with Crippen LogP contribution in [0.3, 0.4) is 0 Å². The fourth-order valence-electron chi connectivity index (χ4n) is 1.97. The molecule has 0 aromatic heterocycles. The molecule has 0 unspecified atom stereocenters. The molecule has 20 heavy (non-hydrogen) atoms. The third-order valence-electron chi connectivity index (χ3n) is 3.06. The average Bonchev–Trinajstić information content (AvgIpc) is 2.42. The highest BCUT2D eigenvalue weighted by Crippen LogP contribution is 2.08. The van der Waals surface area contributed by atoms with E-state index in [9.17, 15) is 4.79 Å². The van der Waals surface area contributed by atoms with Gasteiger partial charge in [0, 0.05) is 6.54 Å². The molecule has 0 aliphatic heterocycles. The van der Waals surface area contributed by atoms with Gasteiger partial charge in [-0.25, -0.2) is 0 Å². The topological polar surface area (TPSA) is 32.3 Å². The third kappa shape index (κ3) is 7.74. The van der Waals surface area contributed by atoms with Crippen LogP contribution in [0.2, 0.25) is 0 Å². The van der Waals surface area contributed by atoms with Crippen LogP contribution in [0, 0.1) is 5.92 Å². The van der Waals surface area contributed by atoms with Crippen LogP contribution < -0.4 is 5.32 Å². The number of benzene rings is 1. The van der Waals surface area contributed by atoms with E-state index in [-0.39, 0.29) is 5.91 Å². The lowest BCUT2D eigenvalue weighted by Gasteiger charge is -2.09. The van der Waals surface area contributed by atoms with Crippen LogP contribution in [-0.4, -0.2) is 38.0 Å². The predicted octanol–water partition coefficient (Wildman–Crippen LogP) is 2.49. The van der Waals surface area contributed by atoms with Gasteiger partial charge in [0.1, 0.15) is 0 Å². The highest BCUT2D eigenvalue weighted by molar-refractivity contribution is 5.87. The minimum absolute atomic E-state index is 0.00340. The summed E-state index contributed by atoms with van der Waals surface area (Å²) >= 11 is 0. The molecule has 0 radical (unpaired) electrons. The smallest absolute Gasteiger partial charge is 0.243 e. The standard InChI is InChI=1S/C17H26N2O/c1-15(14-16-8-5-4-6-9-16)10-11-17(20)18-12-7-13-19(2)3/h4-6,8-11,15H,7,12-14H2,1-3H3,(H,18,20)/b11-10+/t15-/m0/s1. The van der Waals surface area contributed by atoms with Crippen molar-refractivity contribution in [2.75, 3.05) is 27.2 Å². The number of carbonyl (C=O) groups excluding carboxylic acids is 1. The molecular weight excluding hydrogens is 248 g/mol. The van der Waals surface area contributed by atoms with Gasteiger partial charge >= 0.3 is 0 Å². The molecule has 0 aliphatic rings. The van der Waals surface area contributed by atoms with Crippen molar-refractivity contribution in [2.24, 2.45) is 5.92 Å². The van der Waals surface area contributed by atoms with Crippen LogP contribution in [-0.2, 0) is 11.2 Å². The molecule has 1 aromatic carbocycles. The van der Waals surface area contributed by atoms with E-state index in [0.29, 0.717) is 5.92 Å². The van der Waals surface area contributed by atoms with E-state index in [4.69, 9.17) is 0 Å². The van der Waals surface area contributed by atoms with Gasteiger partial charge in [-0.05, 0) is 51.0 Å². The van der Waals surface area contributed by atoms with Crippen LogP contribution >= 0.6 is 0 Å². The lowest BCUT2D eigenvalue weighted by Crippen LogP contribution is -2.25. The molecule has 0 saturated heterocycles. The van der Waals surface area contributed by atoms with Crippen LogP contribution in [0.15, 0.2) is 42.5 Å². The average molecular weight is 274 g/mol. The maximum Gasteiger partial charge on any atom is 0.243 e. The number of nitrogens with one attached hydrogen (secondary N) is 1. The van der Waals surface area contributed by atoms with Crippen molar-refractivity contribution in [3.8, 4) is 0 Å². The van der Waals surface area contributed by atoms with Gasteiger partial charge in [-0.2, -0.15) is 0 Å². The Labute approximate surface area is 122 Å². The van der Waals surface area contributed by atoms with E-state index < -0.39 is 0 Å². The SMILES string of the molecule is C[C@@H](/C=C/C(=O)NCCCN(C)C)Cc1ccccc1. The molecule has 1 amide bonds. The van der Waals surface area contributed by atoms with Crippen molar-refractivity contribution in [1.29, 1.82) is 0 Å². The summed E-state index contributed by atoms with van der Waals surface area (Å²) in [5.74, 6) is 0.369. The second-order valence-electron chi connectivity index (χ2n) is 5.47. The quantitative estimate of drug-likeness (QED) is 0.583. The number of carbonyl (C=O) groups is 1. The molecule has 0 saturated carbocycles. The van der Waals surface area contributed by atoms with Crippen LogP contribution in [0.5, 0.6) is 0 Å². The summed E-state index contributed by atoms with van der Waals surface area (Å²) in [7, 11) is 4.07. The fourth-order valence-corrected chi connectivity index (χ4v) is 1.97. The molecule has 3 nitrogen and oxygen atoms in total. The summed E-state index contributed by atoms with van der Waals surface area (Å²) < 4.78 is 0. The molecule has 1 aromatic rings. The molecule has 0 bridgehead atoms. The molecule has 1 atom stereocenters. The number of amides is 1. The Morgan fingerprint density at radius 2 is 2.00 bits per heavy atom. The molecule has 0 fully saturated rings. The minimum Gasteiger partial charge on any atom is -0.353 e. The van der Waals surface area contributed by atoms with Crippen molar-refractivity contribution in [3.63, 3.8) is 0 Å². The molecule has 3 heteroatoms. The van der Waals surface area contributed by atoms with E-state index in [0.717, 1.165) is 25.9 Å². The lowest BCUT2D eigenvalue weighted by atomic mass is 10.0. The van der Waals surface area contributed by atoms with Gasteiger partial charge in [-0.1, -0.05) is 43.3 Å². The molecule has 1 N–H and O–H groups in total. The van der Waals surface area contributed by atoms with Gasteiger partial charge in [0.2, 0.25) is 5.91 Å². The maximum absolute atomic E-state index is 11.6. The summed E-state index contributed by atoms with van der Waals surface area (Å²) in [5, 5.41) is 2.90. The zero-order valence-corrected chi connectivity index (χ0v) is 12.8. The fraction of sp³-hybridized carbons (Fsp3) is 0.471. The molecule has 0 heterocycles. The van der Waals surface area contributed by atoms with E-state index in [2.05, 4.69) is 29.3 Å². The second kappa shape index (κ2) is 9.32. The summed E-state index contributed by atoms with van der Waals surface area (Å²) in [4.78, 5) is 13.7. The molecule has 1 rings (SSSR count). The first-order valence-corrected chi connectivity index (χ1v) is 7.22. The van der Waals surface area contributed by atoms with Gasteiger partial charge in [-0.15, -0.1) is 0 Å². The Kier molecular flexibility index (Phi) is 7.66. The Balaban J connectivity index is 2.23. The van der Waals surface area contributed by atoms with Gasteiger partial charge in [0.05, 0.1) is 0 Å². The first-order chi connectivity index (χ1) is 9.58. The van der Waals surface area contributed by atoms with E-state index in [1.807, 2.05) is 38.4 Å². The Bertz CT molecular complexity index is 412. The zero-order chi connectivity index (χ0) is 14.8. The first-order valence-electron chi connectivity index (χ1n) is 7.22. The van der Waals surface area contributed by atoms with Gasteiger partial charge in [0.15, 0.2) is 0 Å². The number of nitrogens with zero attached hydrogens (tertiary/aromatic N) is 1. The maximum atomic E-state index is 11.6. The third-order valence-corrected chi connectivity index (χ3v) is 3.06. The second-order valence-corrected chi connectivity index (χ2v) is 5.47. The number of rotatable bonds is 8. The zero-order valence-electron chi connectivity index (χ0n) is 12.8. The lowest BCUT2D eigenvalue weighted by molar-refractivity contribution is -0.116. The van der Waals surface area contributed by atoms with E-state index >= 15 is 0 Å². The van der Waals surface area contributed by atoms with Gasteiger partial charge < -0.3 is 10.2 Å². The number of hydrogen-bond donors (Lipinski definition) is 1. The van der Waals surface area contributed by atoms with Crippen molar-refractivity contribution < 1.29 is 4.79 Å². The Morgan fingerprint density at radius 1 is 1.30 bits per heavy atom. The van der Waals surface area contributed by atoms with Crippen molar-refractivity contribution in [2.45, 2.75) is 19.8 Å². The van der Waals surface area contributed by atoms with Gasteiger partial charge in [0.25, 0.3) is 0 Å². The molecular formula is C17H26N2O. The van der Waals surface area contributed by atoms with Gasteiger partial charge in [-0.3, -0.25) is 4.79 Å². The van der Waals surface area contributed by atoms with Crippen LogP contribution in [0.25, 0.3) is 0 Å². The normalized spacial score (nSPS) is 12.8. The monoisotopic (exact) mass is 274 g/mol.